The van der Waals surface area contributed by atoms with Gasteiger partial charge in [-0.1, -0.05) is 19.9 Å². The fourth-order valence-corrected chi connectivity index (χ4v) is 2.46. The van der Waals surface area contributed by atoms with Crippen LogP contribution in [0.2, 0.25) is 0 Å². The molecule has 1 amide bonds. The van der Waals surface area contributed by atoms with Gasteiger partial charge in [-0.3, -0.25) is 4.79 Å². The summed E-state index contributed by atoms with van der Waals surface area (Å²) >= 11 is 1.90. The lowest BCUT2D eigenvalue weighted by Gasteiger charge is -2.15. The average Bonchev–Trinajstić information content (AvgIpc) is 2.45. The largest absolute Gasteiger partial charge is 0.493 e. The molecule has 1 rings (SSSR count). The minimum absolute atomic E-state index is 0.0344. The highest BCUT2D eigenvalue weighted by atomic mass is 32.2. The van der Waals surface area contributed by atoms with Crippen LogP contribution in [0.15, 0.2) is 24.3 Å². The van der Waals surface area contributed by atoms with Crippen molar-refractivity contribution >= 4 is 17.7 Å². The van der Waals surface area contributed by atoms with E-state index in [1.165, 1.54) is 0 Å². The highest BCUT2D eigenvalue weighted by Crippen LogP contribution is 2.15. The third kappa shape index (κ3) is 5.87. The molecule has 0 aliphatic heterocycles. The molecule has 20 heavy (non-hydrogen) atoms. The minimum Gasteiger partial charge on any atom is -0.493 e. The van der Waals surface area contributed by atoms with E-state index in [-0.39, 0.29) is 5.91 Å². The van der Waals surface area contributed by atoms with E-state index >= 15 is 0 Å². The Labute approximate surface area is 126 Å². The number of hydrogen-bond acceptors (Lipinski definition) is 3. The highest BCUT2D eigenvalue weighted by molar-refractivity contribution is 7.99. The van der Waals surface area contributed by atoms with E-state index in [1.807, 2.05) is 43.0 Å². The Hall–Kier alpha value is -1.16. The first kappa shape index (κ1) is 16.9. The molecule has 0 atom stereocenters. The first-order chi connectivity index (χ1) is 9.54. The summed E-state index contributed by atoms with van der Waals surface area (Å²) in [4.78, 5) is 13.7. The van der Waals surface area contributed by atoms with Crippen LogP contribution in [0.3, 0.4) is 0 Å². The Morgan fingerprint density at radius 2 is 2.15 bits per heavy atom. The molecule has 0 radical (unpaired) electrons. The van der Waals surface area contributed by atoms with Crippen LogP contribution in [0.1, 0.15) is 31.1 Å². The predicted octanol–water partition coefficient (Wildman–Crippen LogP) is 3.55. The summed E-state index contributed by atoms with van der Waals surface area (Å²) in [5.41, 5.74) is 0.682. The SMILES string of the molecule is CCN(C)C(=O)c1cccc(OCCSCC(C)C)c1. The normalized spacial score (nSPS) is 10.7. The van der Waals surface area contributed by atoms with Gasteiger partial charge in [-0.15, -0.1) is 0 Å². The summed E-state index contributed by atoms with van der Waals surface area (Å²) in [6.45, 7) is 7.78. The maximum Gasteiger partial charge on any atom is 0.253 e. The zero-order chi connectivity index (χ0) is 15.0. The van der Waals surface area contributed by atoms with Gasteiger partial charge in [-0.2, -0.15) is 11.8 Å². The van der Waals surface area contributed by atoms with Crippen LogP contribution in [-0.2, 0) is 0 Å². The molecule has 0 fully saturated rings. The molecule has 4 heteroatoms. The standard InChI is InChI=1S/C16H25NO2S/c1-5-17(4)16(18)14-7-6-8-15(11-14)19-9-10-20-12-13(2)3/h6-8,11,13H,5,9-10,12H2,1-4H3. The third-order valence-electron chi connectivity index (χ3n) is 2.85. The van der Waals surface area contributed by atoms with Gasteiger partial charge in [0.15, 0.2) is 0 Å². The lowest BCUT2D eigenvalue weighted by atomic mass is 10.2. The van der Waals surface area contributed by atoms with E-state index in [0.717, 1.165) is 17.3 Å². The molecule has 1 aromatic carbocycles. The summed E-state index contributed by atoms with van der Waals surface area (Å²) in [6.07, 6.45) is 0. The van der Waals surface area contributed by atoms with Gasteiger partial charge in [0.1, 0.15) is 5.75 Å². The molecule has 112 valence electrons. The summed E-state index contributed by atoms with van der Waals surface area (Å²) in [5, 5.41) is 0. The van der Waals surface area contributed by atoms with Crippen LogP contribution >= 0.6 is 11.8 Å². The Bertz CT molecular complexity index is 421. The van der Waals surface area contributed by atoms with E-state index in [1.54, 1.807) is 11.9 Å². The summed E-state index contributed by atoms with van der Waals surface area (Å²) in [6, 6.07) is 7.42. The van der Waals surface area contributed by atoms with E-state index < -0.39 is 0 Å². The quantitative estimate of drug-likeness (QED) is 0.687. The maximum atomic E-state index is 12.0. The molecule has 0 aliphatic carbocycles. The lowest BCUT2D eigenvalue weighted by Crippen LogP contribution is -2.26. The number of carbonyl (C=O) groups excluding carboxylic acids is 1. The summed E-state index contributed by atoms with van der Waals surface area (Å²) in [5.74, 6) is 3.65. The monoisotopic (exact) mass is 295 g/mol. The Balaban J connectivity index is 2.46. The van der Waals surface area contributed by atoms with Gasteiger partial charge in [-0.05, 0) is 36.8 Å². The second-order valence-corrected chi connectivity index (χ2v) is 6.31. The molecule has 0 aromatic heterocycles. The van der Waals surface area contributed by atoms with Crippen molar-refractivity contribution in [3.63, 3.8) is 0 Å². The van der Waals surface area contributed by atoms with Crippen molar-refractivity contribution in [3.05, 3.63) is 29.8 Å². The van der Waals surface area contributed by atoms with Crippen molar-refractivity contribution < 1.29 is 9.53 Å². The van der Waals surface area contributed by atoms with E-state index in [0.29, 0.717) is 24.6 Å². The molecule has 0 spiro atoms. The molecular weight excluding hydrogens is 270 g/mol. The average molecular weight is 295 g/mol. The van der Waals surface area contributed by atoms with Gasteiger partial charge in [0.25, 0.3) is 5.91 Å². The Morgan fingerprint density at radius 1 is 1.40 bits per heavy atom. The minimum atomic E-state index is 0.0344. The zero-order valence-corrected chi connectivity index (χ0v) is 13.7. The molecule has 0 saturated carbocycles. The Morgan fingerprint density at radius 3 is 2.80 bits per heavy atom. The highest BCUT2D eigenvalue weighted by Gasteiger charge is 2.10. The van der Waals surface area contributed by atoms with Crippen molar-refractivity contribution in [1.82, 2.24) is 4.90 Å². The van der Waals surface area contributed by atoms with Gasteiger partial charge in [0.2, 0.25) is 0 Å². The first-order valence-corrected chi connectivity index (χ1v) is 8.26. The van der Waals surface area contributed by atoms with Crippen molar-refractivity contribution in [1.29, 1.82) is 0 Å². The van der Waals surface area contributed by atoms with E-state index in [4.69, 9.17) is 4.74 Å². The van der Waals surface area contributed by atoms with Crippen LogP contribution in [0.5, 0.6) is 5.75 Å². The Kier molecular flexibility index (Phi) is 7.52. The molecule has 0 unspecified atom stereocenters. The molecule has 0 N–H and O–H groups in total. The summed E-state index contributed by atoms with van der Waals surface area (Å²) < 4.78 is 5.70. The van der Waals surface area contributed by atoms with Gasteiger partial charge in [-0.25, -0.2) is 0 Å². The van der Waals surface area contributed by atoms with Crippen molar-refractivity contribution in [2.24, 2.45) is 5.92 Å². The van der Waals surface area contributed by atoms with Gasteiger partial charge >= 0.3 is 0 Å². The summed E-state index contributed by atoms with van der Waals surface area (Å²) in [7, 11) is 1.80. The molecule has 0 saturated heterocycles. The number of benzene rings is 1. The van der Waals surface area contributed by atoms with Crippen LogP contribution in [0.4, 0.5) is 0 Å². The topological polar surface area (TPSA) is 29.5 Å². The first-order valence-electron chi connectivity index (χ1n) is 7.10. The van der Waals surface area contributed by atoms with Gasteiger partial charge in [0.05, 0.1) is 6.61 Å². The molecule has 0 heterocycles. The number of nitrogens with zero attached hydrogens (tertiary/aromatic N) is 1. The van der Waals surface area contributed by atoms with Gasteiger partial charge < -0.3 is 9.64 Å². The molecule has 0 bridgehead atoms. The van der Waals surface area contributed by atoms with Gasteiger partial charge in [0, 0.05) is 24.9 Å². The number of amides is 1. The van der Waals surface area contributed by atoms with E-state index in [2.05, 4.69) is 13.8 Å². The molecule has 0 aliphatic rings. The third-order valence-corrected chi connectivity index (χ3v) is 4.21. The van der Waals surface area contributed by atoms with Crippen molar-refractivity contribution in [3.8, 4) is 5.75 Å². The van der Waals surface area contributed by atoms with Crippen LogP contribution in [-0.4, -0.2) is 42.5 Å². The number of thioether (sulfide) groups is 1. The van der Waals surface area contributed by atoms with Crippen molar-refractivity contribution in [2.75, 3.05) is 31.7 Å². The van der Waals surface area contributed by atoms with Crippen LogP contribution < -0.4 is 4.74 Å². The van der Waals surface area contributed by atoms with Crippen LogP contribution in [0, 0.1) is 5.92 Å². The smallest absolute Gasteiger partial charge is 0.253 e. The van der Waals surface area contributed by atoms with E-state index in [9.17, 15) is 4.79 Å². The second kappa shape index (κ2) is 8.90. The zero-order valence-electron chi connectivity index (χ0n) is 12.9. The lowest BCUT2D eigenvalue weighted by molar-refractivity contribution is 0.0802. The second-order valence-electron chi connectivity index (χ2n) is 5.16. The van der Waals surface area contributed by atoms with Crippen LogP contribution in [0.25, 0.3) is 0 Å². The number of ether oxygens (including phenoxy) is 1. The maximum absolute atomic E-state index is 12.0. The number of rotatable bonds is 8. The number of hydrogen-bond donors (Lipinski definition) is 0. The molecule has 3 nitrogen and oxygen atoms in total. The fraction of sp³-hybridized carbons (Fsp3) is 0.562. The van der Waals surface area contributed by atoms with Crippen molar-refractivity contribution in [2.45, 2.75) is 20.8 Å². The molecule has 1 aromatic rings. The molecular formula is C16H25NO2S. The predicted molar refractivity (Wildman–Crippen MR) is 86.7 cm³/mol. The fourth-order valence-electron chi connectivity index (χ4n) is 1.62. The number of carbonyl (C=O) groups is 1.